The molecule has 1 saturated carbocycles. The molecule has 1 atom stereocenters. The van der Waals surface area contributed by atoms with Gasteiger partial charge in [-0.15, -0.1) is 0 Å². The maximum atomic E-state index is 2.24. The smallest absolute Gasteiger partial charge is 0.0410 e. The highest BCUT2D eigenvalue weighted by Crippen LogP contribution is 2.37. The van der Waals surface area contributed by atoms with E-state index in [1.54, 1.807) is 0 Å². The predicted octanol–water partition coefficient (Wildman–Crippen LogP) is 2.69. The molecule has 1 aromatic carbocycles. The molecule has 2 rings (SSSR count). The Labute approximate surface area is 93.1 Å². The van der Waals surface area contributed by atoms with Gasteiger partial charge in [-0.1, -0.05) is 30.3 Å². The van der Waals surface area contributed by atoms with Crippen LogP contribution in [0.15, 0.2) is 30.3 Å². The molecule has 0 aromatic heterocycles. The molecule has 0 amide bonds. The van der Waals surface area contributed by atoms with Gasteiger partial charge in [-0.2, -0.15) is 0 Å². The van der Waals surface area contributed by atoms with E-state index in [1.807, 2.05) is 0 Å². The minimum atomic E-state index is 0.362. The van der Waals surface area contributed by atoms with Gasteiger partial charge in [-0.3, -0.25) is 0 Å². The van der Waals surface area contributed by atoms with E-state index in [0.717, 1.165) is 0 Å². The van der Waals surface area contributed by atoms with E-state index >= 15 is 0 Å². The first kappa shape index (κ1) is 10.7. The average molecular weight is 198 g/mol. The average Bonchev–Trinajstić information content (AvgIpc) is 2.72. The number of rotatable bonds is 3. The third kappa shape index (κ3) is 2.40. The van der Waals surface area contributed by atoms with Crippen LogP contribution in [0.25, 0.3) is 0 Å². The molecule has 0 unspecified atom stereocenters. The Hall–Kier alpha value is -0.820. The monoisotopic (exact) mass is 198 g/mol. The van der Waals surface area contributed by atoms with Crippen molar-refractivity contribution in [2.75, 3.05) is 14.1 Å². The van der Waals surface area contributed by atoms with Gasteiger partial charge in [0, 0.05) is 12.0 Å². The van der Waals surface area contributed by atoms with Crippen molar-refractivity contribution in [1.82, 2.24) is 4.90 Å². The Balaban J connectivity index is 2.19. The van der Waals surface area contributed by atoms with Crippen molar-refractivity contribution < 1.29 is 0 Å². The number of hydrogen-bond donors (Lipinski definition) is 0. The zero-order chi connectivity index (χ0) is 10.7. The Morgan fingerprint density at radius 3 is 2.07 bits per heavy atom. The van der Waals surface area contributed by atoms with Crippen molar-refractivity contribution in [3.05, 3.63) is 67.5 Å². The van der Waals surface area contributed by atoms with Crippen LogP contribution in [0.3, 0.4) is 0 Å². The summed E-state index contributed by atoms with van der Waals surface area (Å²) in [6.45, 7) is 0. The van der Waals surface area contributed by atoms with Crippen LogP contribution in [-0.2, 0) is 0 Å². The zero-order valence-corrected chi connectivity index (χ0v) is 9.22. The molecule has 15 heavy (non-hydrogen) atoms. The molecule has 1 aliphatic carbocycles. The van der Waals surface area contributed by atoms with Gasteiger partial charge in [0.25, 0.3) is 0 Å². The van der Waals surface area contributed by atoms with Crippen LogP contribution < -0.4 is 0 Å². The molecule has 0 aliphatic heterocycles. The summed E-state index contributed by atoms with van der Waals surface area (Å²) in [5.41, 5.74) is 1.34. The maximum absolute atomic E-state index is 2.24. The molecule has 1 aromatic rings. The van der Waals surface area contributed by atoms with Crippen LogP contribution in [-0.4, -0.2) is 19.0 Å². The highest BCUT2D eigenvalue weighted by Gasteiger charge is 2.28. The normalized spacial score (nSPS) is 19.7. The molecule has 1 heteroatoms. The molecule has 1 nitrogen and oxygen atoms in total. The lowest BCUT2D eigenvalue weighted by Gasteiger charge is -2.29. The lowest BCUT2D eigenvalue weighted by molar-refractivity contribution is 0.321. The molecular weight excluding hydrogens is 182 g/mol. The second-order valence-corrected chi connectivity index (χ2v) is 4.00. The second-order valence-electron chi connectivity index (χ2n) is 4.00. The first-order chi connectivity index (χ1) is 7.29. The number of hydrogen-bond acceptors (Lipinski definition) is 1. The van der Waals surface area contributed by atoms with Crippen molar-refractivity contribution in [3.63, 3.8) is 0 Å². The van der Waals surface area contributed by atoms with Crippen molar-refractivity contribution in [2.45, 2.75) is 6.04 Å². The molecule has 1 aliphatic rings. The summed E-state index contributed by atoms with van der Waals surface area (Å²) in [6, 6.07) is 11.0. The summed E-state index contributed by atoms with van der Waals surface area (Å²) in [5, 5.41) is 0. The van der Waals surface area contributed by atoms with Crippen LogP contribution in [0.4, 0.5) is 0 Å². The van der Waals surface area contributed by atoms with Crippen molar-refractivity contribution in [1.29, 1.82) is 0 Å². The molecule has 1 fully saturated rings. The van der Waals surface area contributed by atoms with E-state index in [-0.39, 0.29) is 0 Å². The Morgan fingerprint density at radius 1 is 0.933 bits per heavy atom. The Morgan fingerprint density at radius 2 is 1.53 bits per heavy atom. The summed E-state index contributed by atoms with van der Waals surface area (Å²) >= 11 is 0. The molecule has 77 valence electrons. The maximum Gasteiger partial charge on any atom is 0.0410 e. The standard InChI is InChI=1S/C14H16N/c1-15(2)14(13-10-6-7-11-13)12-8-4-3-5-9-12/h3-11,14H,1-2H3/t14-/m1/s1. The highest BCUT2D eigenvalue weighted by atomic mass is 15.1. The van der Waals surface area contributed by atoms with Crippen molar-refractivity contribution in [2.24, 2.45) is 0 Å². The SMILES string of the molecule is CN(C)[C@@H]([C]1[CH][CH][CH][CH]1)c1ccccc1. The summed E-state index contributed by atoms with van der Waals surface area (Å²) < 4.78 is 0. The van der Waals surface area contributed by atoms with Gasteiger partial charge in [-0.25, -0.2) is 0 Å². The van der Waals surface area contributed by atoms with Gasteiger partial charge in [0.2, 0.25) is 0 Å². The highest BCUT2D eigenvalue weighted by molar-refractivity contribution is 5.42. The van der Waals surface area contributed by atoms with Crippen molar-refractivity contribution in [3.8, 4) is 0 Å². The van der Waals surface area contributed by atoms with E-state index in [9.17, 15) is 0 Å². The quantitative estimate of drug-likeness (QED) is 0.721. The number of nitrogens with zero attached hydrogens (tertiary/aromatic N) is 1. The van der Waals surface area contributed by atoms with Crippen LogP contribution in [0, 0.1) is 31.6 Å². The van der Waals surface area contributed by atoms with Crippen LogP contribution in [0.5, 0.6) is 0 Å². The van der Waals surface area contributed by atoms with Gasteiger partial charge in [-0.05, 0) is 45.3 Å². The molecular formula is C14H16N. The molecule has 0 saturated heterocycles. The summed E-state index contributed by atoms with van der Waals surface area (Å²) in [4.78, 5) is 2.24. The lowest BCUT2D eigenvalue weighted by atomic mass is 9.91. The van der Waals surface area contributed by atoms with E-state index in [0.29, 0.717) is 6.04 Å². The fourth-order valence-corrected chi connectivity index (χ4v) is 2.00. The van der Waals surface area contributed by atoms with Crippen molar-refractivity contribution >= 4 is 0 Å². The molecule has 0 N–H and O–H groups in total. The van der Waals surface area contributed by atoms with Gasteiger partial charge < -0.3 is 4.90 Å². The lowest BCUT2D eigenvalue weighted by Crippen LogP contribution is -2.25. The summed E-state index contributed by atoms with van der Waals surface area (Å²) in [5.74, 6) is 1.35. The molecule has 5 radical (unpaired) electrons. The van der Waals surface area contributed by atoms with Crippen LogP contribution in [0.2, 0.25) is 0 Å². The first-order valence-corrected chi connectivity index (χ1v) is 5.22. The first-order valence-electron chi connectivity index (χ1n) is 5.22. The van der Waals surface area contributed by atoms with E-state index in [4.69, 9.17) is 0 Å². The van der Waals surface area contributed by atoms with Gasteiger partial charge in [0.05, 0.1) is 0 Å². The van der Waals surface area contributed by atoms with E-state index in [1.165, 1.54) is 11.5 Å². The van der Waals surface area contributed by atoms with Crippen LogP contribution in [0.1, 0.15) is 11.6 Å². The van der Waals surface area contributed by atoms with Gasteiger partial charge in [0.1, 0.15) is 0 Å². The fraction of sp³-hybridized carbons (Fsp3) is 0.214. The van der Waals surface area contributed by atoms with Gasteiger partial charge in [0.15, 0.2) is 0 Å². The van der Waals surface area contributed by atoms with E-state index in [2.05, 4.69) is 75.0 Å². The topological polar surface area (TPSA) is 3.24 Å². The van der Waals surface area contributed by atoms with E-state index < -0.39 is 0 Å². The van der Waals surface area contributed by atoms with Crippen LogP contribution >= 0.6 is 0 Å². The third-order valence-electron chi connectivity index (χ3n) is 2.64. The summed E-state index contributed by atoms with van der Waals surface area (Å²) in [6.07, 6.45) is 8.54. The second kappa shape index (κ2) is 4.80. The Bertz CT molecular complexity index is 285. The third-order valence-corrected chi connectivity index (χ3v) is 2.64. The predicted molar refractivity (Wildman–Crippen MR) is 63.3 cm³/mol. The van der Waals surface area contributed by atoms with Gasteiger partial charge >= 0.3 is 0 Å². The fourth-order valence-electron chi connectivity index (χ4n) is 2.00. The zero-order valence-electron chi connectivity index (χ0n) is 9.22. The molecule has 0 heterocycles. The molecule has 0 bridgehead atoms. The Kier molecular flexibility index (Phi) is 3.42. The minimum absolute atomic E-state index is 0.362. The number of benzene rings is 1. The minimum Gasteiger partial charge on any atom is -0.302 e. The largest absolute Gasteiger partial charge is 0.302 e. The summed E-state index contributed by atoms with van der Waals surface area (Å²) in [7, 11) is 4.23. The molecule has 0 spiro atoms.